The van der Waals surface area contributed by atoms with Crippen molar-refractivity contribution in [1.29, 1.82) is 0 Å². The van der Waals surface area contributed by atoms with Gasteiger partial charge in [-0.25, -0.2) is 32.0 Å². The van der Waals surface area contributed by atoms with E-state index < -0.39 is 136 Å². The minimum absolute atomic E-state index is 0.00978. The van der Waals surface area contributed by atoms with Crippen molar-refractivity contribution in [1.82, 2.24) is 30.2 Å². The highest BCUT2D eigenvalue weighted by Gasteiger charge is 2.68. The molecule has 4 amide bonds. The molecule has 3 N–H and O–H groups in total. The fourth-order valence-electron chi connectivity index (χ4n) is 8.48. The Balaban J connectivity index is 1.30. The summed E-state index contributed by atoms with van der Waals surface area (Å²) in [5, 5.41) is 4.96. The highest BCUT2D eigenvalue weighted by Crippen LogP contribution is 2.50. The van der Waals surface area contributed by atoms with Crippen LogP contribution in [0.5, 0.6) is 11.6 Å². The molecule has 5 aliphatic rings. The van der Waals surface area contributed by atoms with E-state index in [1.807, 2.05) is 4.72 Å². The molecule has 22 heteroatoms. The number of halogens is 6. The van der Waals surface area contributed by atoms with Crippen LogP contribution in [0.3, 0.4) is 0 Å². The molecule has 3 aliphatic carbocycles. The summed E-state index contributed by atoms with van der Waals surface area (Å²) in [7, 11) is -4.36. The minimum Gasteiger partial charge on any atom is -0.471 e. The van der Waals surface area contributed by atoms with Gasteiger partial charge in [-0.05, 0) is 75.3 Å². The molecule has 2 aliphatic heterocycles. The highest BCUT2D eigenvalue weighted by molar-refractivity contribution is 7.91. The molecule has 15 nitrogen and oxygen atoms in total. The molecule has 1 saturated heterocycles. The van der Waals surface area contributed by atoms with E-state index in [0.29, 0.717) is 19.3 Å². The number of sulfonamides is 1. The van der Waals surface area contributed by atoms with Gasteiger partial charge in [0.05, 0.1) is 28.2 Å². The zero-order valence-electron chi connectivity index (χ0n) is 34.7. The third-order valence-corrected chi connectivity index (χ3v) is 14.9. The number of aromatic nitrogens is 2. The Hall–Kier alpha value is -4.63. The van der Waals surface area contributed by atoms with Crippen LogP contribution in [0.15, 0.2) is 18.2 Å². The van der Waals surface area contributed by atoms with Crippen molar-refractivity contribution >= 4 is 44.9 Å². The molecular weight excluding hydrogens is 855 g/mol. The van der Waals surface area contributed by atoms with Crippen LogP contribution in [0.25, 0.3) is 11.0 Å². The number of alkyl halides is 6. The highest BCUT2D eigenvalue weighted by atomic mass is 32.2. The third-order valence-electron chi connectivity index (χ3n) is 12.8. The molecular formula is C40H50F6N6O9S. The SMILES string of the molecule is CC[C@@H]1[C@@H]2CN(C(=O)[C@H](C(C)(C)C)NC(=O)O[C@@H]3C[C@H]3CCCCC(F)(F)c3nc4ccc(OC(F)F)cc4nc3O2)[C@@H]1C(=O)N[C@]1(C(=O)NS(=O)(=O)C2(C)CC2)C[C@H]1C(F)F. The van der Waals surface area contributed by atoms with Crippen LogP contribution in [0.1, 0.15) is 98.1 Å². The second-order valence-electron chi connectivity index (χ2n) is 18.4. The van der Waals surface area contributed by atoms with E-state index in [-0.39, 0.29) is 48.4 Å². The molecule has 0 radical (unpaired) electrons. The van der Waals surface area contributed by atoms with Gasteiger partial charge in [0, 0.05) is 18.4 Å². The summed E-state index contributed by atoms with van der Waals surface area (Å²) in [6.07, 6.45) is -5.74. The molecule has 3 heterocycles. The molecule has 1 aromatic heterocycles. The van der Waals surface area contributed by atoms with Gasteiger partial charge in [0.25, 0.3) is 11.8 Å². The minimum atomic E-state index is -4.36. The summed E-state index contributed by atoms with van der Waals surface area (Å²) < 4.78 is 131. The molecule has 8 atom stereocenters. The van der Waals surface area contributed by atoms with E-state index in [2.05, 4.69) is 25.3 Å². The Morgan fingerprint density at radius 3 is 2.35 bits per heavy atom. The van der Waals surface area contributed by atoms with Gasteiger partial charge in [0.2, 0.25) is 34.1 Å². The van der Waals surface area contributed by atoms with Crippen LogP contribution in [-0.4, -0.2) is 101 Å². The average Bonchev–Trinajstić information content (AvgIpc) is 4.12. The van der Waals surface area contributed by atoms with Crippen LogP contribution in [0.2, 0.25) is 0 Å². The molecule has 4 fully saturated rings. The Morgan fingerprint density at radius 2 is 1.74 bits per heavy atom. The second-order valence-corrected chi connectivity index (χ2v) is 20.6. The lowest BCUT2D eigenvalue weighted by Gasteiger charge is -2.36. The number of nitrogens with one attached hydrogen (secondary N) is 3. The maximum atomic E-state index is 16.3. The van der Waals surface area contributed by atoms with Gasteiger partial charge in [0.1, 0.15) is 35.6 Å². The topological polar surface area (TPSA) is 195 Å². The van der Waals surface area contributed by atoms with Crippen LogP contribution in [0, 0.1) is 23.2 Å². The van der Waals surface area contributed by atoms with Crippen molar-refractivity contribution in [3.05, 3.63) is 23.9 Å². The first-order chi connectivity index (χ1) is 28.9. The van der Waals surface area contributed by atoms with Gasteiger partial charge >= 0.3 is 12.7 Å². The number of carbonyl (C=O) groups excluding carboxylic acids is 4. The lowest BCUT2D eigenvalue weighted by molar-refractivity contribution is -0.144. The Labute approximate surface area is 353 Å². The van der Waals surface area contributed by atoms with Gasteiger partial charge in [0.15, 0.2) is 5.69 Å². The van der Waals surface area contributed by atoms with E-state index >= 15 is 8.78 Å². The zero-order valence-corrected chi connectivity index (χ0v) is 35.5. The molecule has 2 aromatic rings. The normalized spacial score (nSPS) is 30.8. The standard InChI is InChI=1S/C40H50F6N6O9S/c1-6-21-26-18-52(27(21)31(53)50-39(17-22(39)30(41)42)34(55)51-62(57,58)38(5)13-14-38)33(54)29(37(2,3)4)49-36(56)61-25-15-19(25)9-7-8-12-40(45,46)28-32(60-26)48-24-16-20(59-35(43)44)10-11-23(24)47-28/h10-11,16,19,21-22,25-27,29-30,35H,6-9,12-15,17-18H2,1-5H3,(H,49,56)(H,50,53)(H,51,55)/t19-,21-,22+,25-,26+,27+,29-,39-/m1/s1. The van der Waals surface area contributed by atoms with E-state index in [0.717, 1.165) is 17.0 Å². The van der Waals surface area contributed by atoms with Gasteiger partial charge < -0.3 is 29.7 Å². The molecule has 342 valence electrons. The summed E-state index contributed by atoms with van der Waals surface area (Å²) in [5.74, 6) is -11.3. The largest absolute Gasteiger partial charge is 0.471 e. The Bertz CT molecular complexity index is 2230. The Kier molecular flexibility index (Phi) is 11.8. The van der Waals surface area contributed by atoms with Crippen molar-refractivity contribution < 1.29 is 68.1 Å². The van der Waals surface area contributed by atoms with Crippen molar-refractivity contribution in [2.45, 2.75) is 146 Å². The maximum Gasteiger partial charge on any atom is 0.408 e. The quantitative estimate of drug-likeness (QED) is 0.267. The van der Waals surface area contributed by atoms with Crippen molar-refractivity contribution in [2.24, 2.45) is 23.2 Å². The summed E-state index contributed by atoms with van der Waals surface area (Å²) in [6, 6.07) is 0.252. The third kappa shape index (κ3) is 8.93. The number of hydrogen-bond donors (Lipinski definition) is 3. The first kappa shape index (κ1) is 45.4. The van der Waals surface area contributed by atoms with E-state index in [1.165, 1.54) is 13.0 Å². The molecule has 3 saturated carbocycles. The van der Waals surface area contributed by atoms with Crippen LogP contribution in [-0.2, 0) is 35.1 Å². The molecule has 7 rings (SSSR count). The molecule has 2 bridgehead atoms. The van der Waals surface area contributed by atoms with E-state index in [1.54, 1.807) is 27.7 Å². The second kappa shape index (κ2) is 16.2. The van der Waals surface area contributed by atoms with Crippen LogP contribution >= 0.6 is 0 Å². The van der Waals surface area contributed by atoms with E-state index in [9.17, 15) is 45.2 Å². The molecule has 1 aromatic carbocycles. The summed E-state index contributed by atoms with van der Waals surface area (Å²) in [6.45, 7) is 4.07. The summed E-state index contributed by atoms with van der Waals surface area (Å²) in [4.78, 5) is 65.9. The summed E-state index contributed by atoms with van der Waals surface area (Å²) >= 11 is 0. The number of benzene rings is 1. The smallest absolute Gasteiger partial charge is 0.408 e. The van der Waals surface area contributed by atoms with Crippen molar-refractivity contribution in [2.75, 3.05) is 6.54 Å². The molecule has 62 heavy (non-hydrogen) atoms. The maximum absolute atomic E-state index is 16.3. The van der Waals surface area contributed by atoms with Gasteiger partial charge in [-0.15, -0.1) is 0 Å². The number of nitrogens with zero attached hydrogens (tertiary/aromatic N) is 3. The predicted molar refractivity (Wildman–Crippen MR) is 207 cm³/mol. The van der Waals surface area contributed by atoms with Crippen LogP contribution < -0.4 is 24.8 Å². The Morgan fingerprint density at radius 1 is 1.03 bits per heavy atom. The first-order valence-corrected chi connectivity index (χ1v) is 22.1. The van der Waals surface area contributed by atoms with E-state index in [4.69, 9.17) is 9.47 Å². The zero-order chi connectivity index (χ0) is 45.3. The number of alkyl carbamates (subject to hydrolysis) is 1. The number of fused-ring (bicyclic) bond motifs is 5. The predicted octanol–water partition coefficient (Wildman–Crippen LogP) is 5.55. The number of amides is 4. The fraction of sp³-hybridized carbons (Fsp3) is 0.700. The van der Waals surface area contributed by atoms with Gasteiger partial charge in [-0.2, -0.15) is 17.6 Å². The summed E-state index contributed by atoms with van der Waals surface area (Å²) in [5.41, 5.74) is -4.65. The first-order valence-electron chi connectivity index (χ1n) is 20.7. The van der Waals surface area contributed by atoms with Gasteiger partial charge in [-0.1, -0.05) is 34.1 Å². The van der Waals surface area contributed by atoms with Crippen molar-refractivity contribution in [3.63, 3.8) is 0 Å². The number of hydrogen-bond acceptors (Lipinski definition) is 11. The number of carbonyl (C=O) groups is 4. The number of ether oxygens (including phenoxy) is 3. The van der Waals surface area contributed by atoms with Crippen molar-refractivity contribution in [3.8, 4) is 11.6 Å². The average molecular weight is 905 g/mol. The fourth-order valence-corrected chi connectivity index (χ4v) is 9.79. The monoisotopic (exact) mass is 904 g/mol. The molecule has 0 unspecified atom stereocenters. The molecule has 0 spiro atoms. The van der Waals surface area contributed by atoms with Gasteiger partial charge in [-0.3, -0.25) is 19.1 Å². The lowest BCUT2D eigenvalue weighted by Crippen LogP contribution is -2.61. The lowest BCUT2D eigenvalue weighted by atomic mass is 9.85. The number of rotatable bonds is 9. The van der Waals surface area contributed by atoms with Crippen LogP contribution in [0.4, 0.5) is 31.1 Å².